The second kappa shape index (κ2) is 4.53. The van der Waals surface area contributed by atoms with Gasteiger partial charge in [-0.25, -0.2) is 9.37 Å². The van der Waals surface area contributed by atoms with Crippen molar-refractivity contribution in [2.24, 2.45) is 0 Å². The smallest absolute Gasteiger partial charge is 0.219 e. The predicted octanol–water partition coefficient (Wildman–Crippen LogP) is 1.67. The van der Waals surface area contributed by atoms with E-state index in [1.165, 1.54) is 0 Å². The van der Waals surface area contributed by atoms with Crippen LogP contribution in [0.4, 0.5) is 10.2 Å². The molecule has 1 saturated heterocycles. The first-order chi connectivity index (χ1) is 7.27. The number of rotatable bonds is 2. The third-order valence-electron chi connectivity index (χ3n) is 2.46. The Labute approximate surface area is 87.9 Å². The first-order valence-electron chi connectivity index (χ1n) is 5.07. The fourth-order valence-electron chi connectivity index (χ4n) is 1.61. The van der Waals surface area contributed by atoms with Crippen LogP contribution in [0.2, 0.25) is 0 Å². The fraction of sp³-hybridized carbons (Fsp3) is 0.600. The average Bonchev–Trinajstić information content (AvgIpc) is 2.24. The van der Waals surface area contributed by atoms with Crippen molar-refractivity contribution in [1.82, 2.24) is 9.97 Å². The highest BCUT2D eigenvalue weighted by Gasteiger charge is 2.25. The van der Waals surface area contributed by atoms with E-state index in [9.17, 15) is 4.39 Å². The Morgan fingerprint density at radius 3 is 3.00 bits per heavy atom. The third-order valence-corrected chi connectivity index (χ3v) is 2.46. The standard InChI is InChI=1S/C10H14FN3O/c1-7-10(13-5-4-12-7)14-8-3-2-6-15-9(8)11/h4-5,8-9H,2-3,6H2,1H3,(H,13,14). The van der Waals surface area contributed by atoms with E-state index in [0.29, 0.717) is 12.4 Å². The molecular formula is C10H14FN3O. The van der Waals surface area contributed by atoms with Crippen LogP contribution in [0.3, 0.4) is 0 Å². The van der Waals surface area contributed by atoms with Crippen LogP contribution < -0.4 is 5.32 Å². The molecule has 1 aromatic heterocycles. The maximum atomic E-state index is 13.3. The average molecular weight is 211 g/mol. The van der Waals surface area contributed by atoms with Crippen molar-refractivity contribution in [1.29, 1.82) is 0 Å². The molecule has 1 aliphatic heterocycles. The number of anilines is 1. The van der Waals surface area contributed by atoms with Gasteiger partial charge in [0.2, 0.25) is 6.36 Å². The van der Waals surface area contributed by atoms with E-state index in [-0.39, 0.29) is 6.04 Å². The first kappa shape index (κ1) is 10.3. The summed E-state index contributed by atoms with van der Waals surface area (Å²) in [5.41, 5.74) is 0.773. The Kier molecular flexibility index (Phi) is 3.11. The topological polar surface area (TPSA) is 47.0 Å². The Bertz CT molecular complexity index is 334. The first-order valence-corrected chi connectivity index (χ1v) is 5.07. The van der Waals surface area contributed by atoms with Crippen LogP contribution in [0.25, 0.3) is 0 Å². The highest BCUT2D eigenvalue weighted by molar-refractivity contribution is 5.39. The summed E-state index contributed by atoms with van der Waals surface area (Å²) in [4.78, 5) is 8.19. The molecule has 1 N–H and O–H groups in total. The summed E-state index contributed by atoms with van der Waals surface area (Å²) in [7, 11) is 0. The quantitative estimate of drug-likeness (QED) is 0.808. The fourth-order valence-corrected chi connectivity index (χ4v) is 1.61. The van der Waals surface area contributed by atoms with E-state index in [4.69, 9.17) is 4.74 Å². The molecule has 82 valence electrons. The van der Waals surface area contributed by atoms with E-state index in [1.807, 2.05) is 6.92 Å². The summed E-state index contributed by atoms with van der Waals surface area (Å²) in [6.45, 7) is 2.34. The number of hydrogen-bond donors (Lipinski definition) is 1. The molecule has 0 radical (unpaired) electrons. The number of halogens is 1. The predicted molar refractivity (Wildman–Crippen MR) is 54.3 cm³/mol. The molecule has 4 nitrogen and oxygen atoms in total. The molecule has 1 aliphatic rings. The second-order valence-corrected chi connectivity index (χ2v) is 3.61. The molecule has 0 amide bonds. The van der Waals surface area contributed by atoms with Gasteiger partial charge < -0.3 is 10.1 Å². The zero-order valence-corrected chi connectivity index (χ0v) is 8.61. The Balaban J connectivity index is 2.04. The number of aromatic nitrogens is 2. The molecule has 0 aliphatic carbocycles. The van der Waals surface area contributed by atoms with Gasteiger partial charge in [0.25, 0.3) is 0 Å². The third kappa shape index (κ3) is 2.41. The van der Waals surface area contributed by atoms with Gasteiger partial charge in [-0.1, -0.05) is 0 Å². The summed E-state index contributed by atoms with van der Waals surface area (Å²) < 4.78 is 18.3. The van der Waals surface area contributed by atoms with E-state index >= 15 is 0 Å². The number of alkyl halides is 1. The number of hydrogen-bond acceptors (Lipinski definition) is 4. The minimum Gasteiger partial charge on any atom is -0.360 e. The van der Waals surface area contributed by atoms with Crippen molar-refractivity contribution in [2.45, 2.75) is 32.2 Å². The second-order valence-electron chi connectivity index (χ2n) is 3.61. The maximum Gasteiger partial charge on any atom is 0.219 e. The number of nitrogens with one attached hydrogen (secondary N) is 1. The molecule has 0 aromatic carbocycles. The van der Waals surface area contributed by atoms with Crippen LogP contribution in [-0.4, -0.2) is 29.0 Å². The summed E-state index contributed by atoms with van der Waals surface area (Å²) in [6.07, 6.45) is 3.59. The lowest BCUT2D eigenvalue weighted by molar-refractivity contribution is -0.0758. The Morgan fingerprint density at radius 2 is 2.27 bits per heavy atom. The van der Waals surface area contributed by atoms with Crippen molar-refractivity contribution < 1.29 is 9.13 Å². The highest BCUT2D eigenvalue weighted by Crippen LogP contribution is 2.19. The van der Waals surface area contributed by atoms with Crippen LogP contribution in [-0.2, 0) is 4.74 Å². The lowest BCUT2D eigenvalue weighted by Crippen LogP contribution is -2.37. The molecule has 0 spiro atoms. The lowest BCUT2D eigenvalue weighted by atomic mass is 10.1. The van der Waals surface area contributed by atoms with Crippen molar-refractivity contribution in [3.8, 4) is 0 Å². The summed E-state index contributed by atoms with van der Waals surface area (Å²) in [5.74, 6) is 0.635. The minimum absolute atomic E-state index is 0.311. The lowest BCUT2D eigenvalue weighted by Gasteiger charge is -2.27. The molecule has 5 heteroatoms. The SMILES string of the molecule is Cc1nccnc1NC1CCCOC1F. The summed E-state index contributed by atoms with van der Waals surface area (Å²) in [5, 5.41) is 3.03. The van der Waals surface area contributed by atoms with Crippen LogP contribution in [0.1, 0.15) is 18.5 Å². The number of ether oxygens (including phenoxy) is 1. The van der Waals surface area contributed by atoms with Crippen molar-refractivity contribution in [2.75, 3.05) is 11.9 Å². The van der Waals surface area contributed by atoms with Gasteiger partial charge in [0.1, 0.15) is 5.82 Å². The van der Waals surface area contributed by atoms with E-state index in [1.54, 1.807) is 12.4 Å². The van der Waals surface area contributed by atoms with Crippen LogP contribution >= 0.6 is 0 Å². The molecule has 2 heterocycles. The van der Waals surface area contributed by atoms with Crippen molar-refractivity contribution in [3.05, 3.63) is 18.1 Å². The molecular weight excluding hydrogens is 197 g/mol. The molecule has 0 saturated carbocycles. The molecule has 1 fully saturated rings. The van der Waals surface area contributed by atoms with Crippen LogP contribution in [0.15, 0.2) is 12.4 Å². The highest BCUT2D eigenvalue weighted by atomic mass is 19.1. The van der Waals surface area contributed by atoms with Gasteiger partial charge in [-0.2, -0.15) is 0 Å². The van der Waals surface area contributed by atoms with Gasteiger partial charge in [-0.05, 0) is 19.8 Å². The van der Waals surface area contributed by atoms with Gasteiger partial charge in [-0.15, -0.1) is 0 Å². The molecule has 2 atom stereocenters. The zero-order chi connectivity index (χ0) is 10.7. The van der Waals surface area contributed by atoms with E-state index in [2.05, 4.69) is 15.3 Å². The summed E-state index contributed by atoms with van der Waals surface area (Å²) >= 11 is 0. The molecule has 1 aromatic rings. The van der Waals surface area contributed by atoms with E-state index in [0.717, 1.165) is 18.5 Å². The summed E-state index contributed by atoms with van der Waals surface area (Å²) in [6, 6.07) is -0.311. The molecule has 2 rings (SSSR count). The molecule has 0 bridgehead atoms. The van der Waals surface area contributed by atoms with Gasteiger partial charge in [0.05, 0.1) is 18.3 Å². The monoisotopic (exact) mass is 211 g/mol. The van der Waals surface area contributed by atoms with E-state index < -0.39 is 6.36 Å². The molecule has 2 unspecified atom stereocenters. The van der Waals surface area contributed by atoms with Gasteiger partial charge in [0, 0.05) is 12.4 Å². The maximum absolute atomic E-state index is 13.3. The van der Waals surface area contributed by atoms with Crippen molar-refractivity contribution in [3.63, 3.8) is 0 Å². The number of aryl methyl sites for hydroxylation is 1. The zero-order valence-electron chi connectivity index (χ0n) is 8.61. The van der Waals surface area contributed by atoms with Gasteiger partial charge >= 0.3 is 0 Å². The normalized spacial score (nSPS) is 26.3. The van der Waals surface area contributed by atoms with Gasteiger partial charge in [-0.3, -0.25) is 4.98 Å². The van der Waals surface area contributed by atoms with Crippen LogP contribution in [0.5, 0.6) is 0 Å². The number of nitrogens with zero attached hydrogens (tertiary/aromatic N) is 2. The largest absolute Gasteiger partial charge is 0.360 e. The van der Waals surface area contributed by atoms with Gasteiger partial charge in [0.15, 0.2) is 0 Å². The Morgan fingerprint density at radius 1 is 1.47 bits per heavy atom. The van der Waals surface area contributed by atoms with Crippen molar-refractivity contribution >= 4 is 5.82 Å². The van der Waals surface area contributed by atoms with Crippen LogP contribution in [0, 0.1) is 6.92 Å². The molecule has 15 heavy (non-hydrogen) atoms. The Hall–Kier alpha value is -1.23. The minimum atomic E-state index is -1.25.